The molecule has 3 N–H and O–H groups in total. The summed E-state index contributed by atoms with van der Waals surface area (Å²) in [6, 6.07) is 9.83. The predicted octanol–water partition coefficient (Wildman–Crippen LogP) is 4.29. The molecule has 1 amide bonds. The molecule has 3 aliphatic heterocycles. The molecular formula is C33H42ClN9O4S. The molecule has 256 valence electrons. The first-order valence-corrected chi connectivity index (χ1v) is 18.3. The molecule has 3 aliphatic rings. The van der Waals surface area contributed by atoms with Crippen LogP contribution in [-0.2, 0) is 21.2 Å². The number of carbonyl (C=O) groups excluding carboxylic acids is 1. The Balaban J connectivity index is 1.25. The van der Waals surface area contributed by atoms with Crippen molar-refractivity contribution in [2.24, 2.45) is 0 Å². The molecule has 1 aromatic heterocycles. The number of sulfonamides is 1. The maximum absolute atomic E-state index is 12.5. The van der Waals surface area contributed by atoms with E-state index < -0.39 is 10.0 Å². The van der Waals surface area contributed by atoms with Gasteiger partial charge in [-0.2, -0.15) is 4.98 Å². The maximum Gasteiger partial charge on any atom is 0.247 e. The SMILES string of the molecule is C=CC(=O)Nc1cc(Nc2ncc(Cl)c(Nc3cccc4c3N(S(C)(=O)=O)CC4)n2)c(OC)cc1N1CCC(N2CCN(C)CC2)CC1. The minimum atomic E-state index is -3.48. The highest BCUT2D eigenvalue weighted by Gasteiger charge is 2.30. The highest BCUT2D eigenvalue weighted by molar-refractivity contribution is 7.92. The van der Waals surface area contributed by atoms with Crippen LogP contribution in [0.5, 0.6) is 5.75 Å². The van der Waals surface area contributed by atoms with Gasteiger partial charge in [-0.1, -0.05) is 30.3 Å². The number of rotatable bonds is 10. The first-order chi connectivity index (χ1) is 23.0. The van der Waals surface area contributed by atoms with Crippen LogP contribution in [0.25, 0.3) is 0 Å². The summed E-state index contributed by atoms with van der Waals surface area (Å²) in [7, 11) is 0.285. The lowest BCUT2D eigenvalue weighted by molar-refractivity contribution is -0.111. The first kappa shape index (κ1) is 33.8. The van der Waals surface area contributed by atoms with E-state index in [2.05, 4.69) is 54.2 Å². The molecule has 4 heterocycles. The van der Waals surface area contributed by atoms with Crippen molar-refractivity contribution in [1.82, 2.24) is 19.8 Å². The number of amides is 1. The normalized spacial score (nSPS) is 17.6. The van der Waals surface area contributed by atoms with Crippen molar-refractivity contribution in [3.63, 3.8) is 0 Å². The molecule has 0 unspecified atom stereocenters. The van der Waals surface area contributed by atoms with Crippen LogP contribution in [0.2, 0.25) is 5.02 Å². The summed E-state index contributed by atoms with van der Waals surface area (Å²) in [4.78, 5) is 28.8. The smallest absolute Gasteiger partial charge is 0.247 e. The fourth-order valence-corrected chi connectivity index (χ4v) is 7.77. The monoisotopic (exact) mass is 695 g/mol. The van der Waals surface area contributed by atoms with Gasteiger partial charge in [0.1, 0.15) is 10.8 Å². The van der Waals surface area contributed by atoms with E-state index in [0.29, 0.717) is 53.3 Å². The van der Waals surface area contributed by atoms with E-state index in [1.807, 2.05) is 18.2 Å². The highest BCUT2D eigenvalue weighted by Crippen LogP contribution is 2.41. The lowest BCUT2D eigenvalue weighted by atomic mass is 10.0. The molecule has 3 aromatic rings. The van der Waals surface area contributed by atoms with Gasteiger partial charge in [0.25, 0.3) is 0 Å². The number of fused-ring (bicyclic) bond motifs is 1. The quantitative estimate of drug-likeness (QED) is 0.262. The van der Waals surface area contributed by atoms with Gasteiger partial charge in [-0.3, -0.25) is 14.0 Å². The third-order valence-corrected chi connectivity index (χ3v) is 10.7. The summed E-state index contributed by atoms with van der Waals surface area (Å²) in [6.07, 6.45) is 6.56. The first-order valence-electron chi connectivity index (χ1n) is 16.0. The number of methoxy groups -OCH3 is 1. The summed E-state index contributed by atoms with van der Waals surface area (Å²) < 4.78 is 32.2. The molecule has 13 nitrogen and oxygen atoms in total. The molecule has 0 aliphatic carbocycles. The summed E-state index contributed by atoms with van der Waals surface area (Å²) in [5.74, 6) is 0.726. The van der Waals surface area contributed by atoms with Crippen molar-refractivity contribution >= 4 is 67.7 Å². The number of carbonyl (C=O) groups is 1. The average Bonchev–Trinajstić information content (AvgIpc) is 3.53. The van der Waals surface area contributed by atoms with E-state index in [9.17, 15) is 13.2 Å². The molecule has 0 radical (unpaired) electrons. The third kappa shape index (κ3) is 7.31. The van der Waals surface area contributed by atoms with E-state index in [4.69, 9.17) is 16.3 Å². The van der Waals surface area contributed by atoms with Crippen molar-refractivity contribution in [2.75, 3.05) is 91.4 Å². The van der Waals surface area contributed by atoms with Crippen LogP contribution in [-0.4, -0.2) is 106 Å². The molecule has 0 spiro atoms. The van der Waals surface area contributed by atoms with Gasteiger partial charge in [-0.25, -0.2) is 13.4 Å². The zero-order valence-electron chi connectivity index (χ0n) is 27.5. The van der Waals surface area contributed by atoms with E-state index in [1.54, 1.807) is 19.2 Å². The van der Waals surface area contributed by atoms with Crippen molar-refractivity contribution < 1.29 is 17.9 Å². The Labute approximate surface area is 287 Å². The van der Waals surface area contributed by atoms with E-state index in [1.165, 1.54) is 22.8 Å². The minimum Gasteiger partial charge on any atom is -0.494 e. The van der Waals surface area contributed by atoms with Gasteiger partial charge in [-0.15, -0.1) is 0 Å². The number of ether oxygens (including phenoxy) is 1. The molecule has 48 heavy (non-hydrogen) atoms. The van der Waals surface area contributed by atoms with Crippen LogP contribution in [0.1, 0.15) is 18.4 Å². The molecule has 0 atom stereocenters. The van der Waals surface area contributed by atoms with E-state index in [-0.39, 0.29) is 16.9 Å². The van der Waals surface area contributed by atoms with Gasteiger partial charge in [0.15, 0.2) is 5.82 Å². The Morgan fingerprint density at radius 3 is 2.48 bits per heavy atom. The zero-order valence-corrected chi connectivity index (χ0v) is 29.1. The van der Waals surface area contributed by atoms with Crippen LogP contribution in [0.15, 0.2) is 49.2 Å². The second kappa shape index (κ2) is 14.2. The van der Waals surface area contributed by atoms with Crippen molar-refractivity contribution in [3.05, 3.63) is 59.8 Å². The van der Waals surface area contributed by atoms with Crippen LogP contribution in [0, 0.1) is 0 Å². The number of hydrogen-bond acceptors (Lipinski definition) is 11. The van der Waals surface area contributed by atoms with E-state index >= 15 is 0 Å². The third-order valence-electron chi connectivity index (χ3n) is 9.22. The molecule has 2 aromatic carbocycles. The number of anilines is 7. The topological polar surface area (TPSA) is 135 Å². The maximum atomic E-state index is 12.5. The Hall–Kier alpha value is -4.11. The molecule has 2 fully saturated rings. The molecule has 6 rings (SSSR count). The van der Waals surface area contributed by atoms with Gasteiger partial charge < -0.3 is 30.5 Å². The number of hydrogen-bond donors (Lipinski definition) is 3. The number of para-hydroxylation sites is 1. The summed E-state index contributed by atoms with van der Waals surface area (Å²) in [6.45, 7) is 10.1. The number of halogens is 1. The van der Waals surface area contributed by atoms with Crippen LogP contribution in [0.3, 0.4) is 0 Å². The lowest BCUT2D eigenvalue weighted by Crippen LogP contribution is -2.52. The molecule has 0 saturated carbocycles. The van der Waals surface area contributed by atoms with Gasteiger partial charge in [0.05, 0.1) is 48.0 Å². The van der Waals surface area contributed by atoms with E-state index in [0.717, 1.165) is 63.4 Å². The zero-order chi connectivity index (χ0) is 34.0. The molecule has 15 heteroatoms. The van der Waals surface area contributed by atoms with Gasteiger partial charge >= 0.3 is 0 Å². The number of piperidine rings is 1. The number of nitrogens with one attached hydrogen (secondary N) is 3. The number of likely N-dealkylation sites (N-methyl/N-ethyl adjacent to an activating group) is 1. The Kier molecular flexibility index (Phi) is 9.97. The van der Waals surface area contributed by atoms with Crippen LogP contribution < -0.4 is 29.9 Å². The Morgan fingerprint density at radius 1 is 1.04 bits per heavy atom. The largest absolute Gasteiger partial charge is 0.494 e. The van der Waals surface area contributed by atoms with Crippen LogP contribution >= 0.6 is 11.6 Å². The van der Waals surface area contributed by atoms with Crippen LogP contribution in [0.4, 0.5) is 40.2 Å². The standard InChI is InChI=1S/C33H42ClN9O4S/c1-5-30(44)36-26-19-27(29(47-3)20-28(26)42-12-10-23(11-13-42)41-17-15-40(2)16-18-41)38-33-35-21-24(34)32(39-33)37-25-8-6-7-22-9-14-43(31(22)25)48(4,45)46/h5-8,19-21,23H,1,9-18H2,2-4H3,(H,36,44)(H2,35,37,38,39). The van der Waals surface area contributed by atoms with Gasteiger partial charge in [0.2, 0.25) is 21.9 Å². The van der Waals surface area contributed by atoms with Crippen molar-refractivity contribution in [3.8, 4) is 5.75 Å². The second-order valence-electron chi connectivity index (χ2n) is 12.4. The van der Waals surface area contributed by atoms with Gasteiger partial charge in [-0.05, 0) is 50.1 Å². The summed E-state index contributed by atoms with van der Waals surface area (Å²) >= 11 is 6.52. The highest BCUT2D eigenvalue weighted by atomic mass is 35.5. The minimum absolute atomic E-state index is 0.217. The van der Waals surface area contributed by atoms with Gasteiger partial charge in [0, 0.05) is 57.9 Å². The number of piperazine rings is 1. The molecular weight excluding hydrogens is 654 g/mol. The molecule has 0 bridgehead atoms. The van der Waals surface area contributed by atoms with Crippen molar-refractivity contribution in [2.45, 2.75) is 25.3 Å². The molecule has 2 saturated heterocycles. The number of benzene rings is 2. The number of aromatic nitrogens is 2. The second-order valence-corrected chi connectivity index (χ2v) is 14.7. The van der Waals surface area contributed by atoms with Crippen molar-refractivity contribution in [1.29, 1.82) is 0 Å². The Morgan fingerprint density at radius 2 is 1.79 bits per heavy atom. The predicted molar refractivity (Wildman–Crippen MR) is 192 cm³/mol. The summed E-state index contributed by atoms with van der Waals surface area (Å²) in [5, 5.41) is 9.66. The lowest BCUT2D eigenvalue weighted by Gasteiger charge is -2.43. The fraction of sp³-hybridized carbons (Fsp3) is 0.424. The fourth-order valence-electron chi connectivity index (χ4n) is 6.66. The summed E-state index contributed by atoms with van der Waals surface area (Å²) in [5.41, 5.74) is 4.05. The Bertz CT molecular complexity index is 1790. The average molecular weight is 696 g/mol. The number of nitrogens with zero attached hydrogens (tertiary/aromatic N) is 6.